The molecule has 0 heterocycles. The quantitative estimate of drug-likeness (QED) is 0.634. The van der Waals surface area contributed by atoms with Gasteiger partial charge in [-0.2, -0.15) is 0 Å². The minimum Gasteiger partial charge on any atom is -0.391 e. The number of hydrogen-bond acceptors (Lipinski definition) is 3. The monoisotopic (exact) mass is 252 g/mol. The van der Waals surface area contributed by atoms with E-state index in [1.165, 1.54) is 0 Å². The summed E-state index contributed by atoms with van der Waals surface area (Å²) in [6.45, 7) is 6.26. The van der Waals surface area contributed by atoms with Crippen molar-refractivity contribution in [1.82, 2.24) is 5.32 Å². The van der Waals surface area contributed by atoms with Gasteiger partial charge in [-0.25, -0.2) is 0 Å². The van der Waals surface area contributed by atoms with Crippen LogP contribution in [0.3, 0.4) is 0 Å². The molecule has 0 spiro atoms. The van der Waals surface area contributed by atoms with Gasteiger partial charge in [0.05, 0.1) is 12.1 Å². The second kappa shape index (κ2) is 9.87. The Kier molecular flexibility index (Phi) is 11.1. The molecular formula is C11H25ClN2O2. The van der Waals surface area contributed by atoms with Gasteiger partial charge in [-0.3, -0.25) is 4.79 Å². The third-order valence-electron chi connectivity index (χ3n) is 2.72. The van der Waals surface area contributed by atoms with Gasteiger partial charge in [0.2, 0.25) is 5.91 Å². The minimum atomic E-state index is -0.479. The molecule has 0 saturated carbocycles. The molecule has 1 amide bonds. The Hall–Kier alpha value is -0.320. The van der Waals surface area contributed by atoms with E-state index in [1.807, 2.05) is 20.8 Å². The number of halogens is 1. The molecule has 0 aromatic rings. The molecule has 4 N–H and O–H groups in total. The van der Waals surface area contributed by atoms with Crippen molar-refractivity contribution in [3.63, 3.8) is 0 Å². The number of nitrogens with one attached hydrogen (secondary N) is 1. The highest BCUT2D eigenvalue weighted by molar-refractivity contribution is 5.85. The zero-order valence-electron chi connectivity index (χ0n) is 10.4. The van der Waals surface area contributed by atoms with Crippen LogP contribution < -0.4 is 11.1 Å². The Balaban J connectivity index is 0. The van der Waals surface area contributed by atoms with Crippen LogP contribution >= 0.6 is 12.4 Å². The van der Waals surface area contributed by atoms with Crippen molar-refractivity contribution in [3.05, 3.63) is 0 Å². The summed E-state index contributed by atoms with van der Waals surface area (Å²) in [5, 5.41) is 12.3. The van der Waals surface area contributed by atoms with E-state index in [1.54, 1.807) is 0 Å². The molecule has 16 heavy (non-hydrogen) atoms. The molecule has 0 aromatic carbocycles. The van der Waals surface area contributed by atoms with E-state index in [9.17, 15) is 9.90 Å². The number of hydrogen-bond donors (Lipinski definition) is 3. The van der Waals surface area contributed by atoms with Gasteiger partial charge >= 0.3 is 0 Å². The molecule has 0 aliphatic rings. The second-order valence-corrected chi connectivity index (χ2v) is 4.09. The number of carbonyl (C=O) groups is 1. The summed E-state index contributed by atoms with van der Waals surface area (Å²) in [5.41, 5.74) is 5.63. The molecule has 0 rings (SSSR count). The van der Waals surface area contributed by atoms with Crippen LogP contribution in [0, 0.1) is 5.92 Å². The highest BCUT2D eigenvalue weighted by atomic mass is 35.5. The largest absolute Gasteiger partial charge is 0.391 e. The molecule has 98 valence electrons. The first-order chi connectivity index (χ1) is 7.02. The molecule has 0 saturated heterocycles. The summed E-state index contributed by atoms with van der Waals surface area (Å²) in [7, 11) is 0. The summed E-state index contributed by atoms with van der Waals surface area (Å²) < 4.78 is 0. The highest BCUT2D eigenvalue weighted by Gasteiger charge is 2.16. The Labute approximate surface area is 104 Å². The molecule has 0 aliphatic heterocycles. The first-order valence-electron chi connectivity index (χ1n) is 5.74. The molecule has 3 unspecified atom stereocenters. The minimum absolute atomic E-state index is 0. The van der Waals surface area contributed by atoms with Crippen molar-refractivity contribution < 1.29 is 9.90 Å². The molecule has 0 radical (unpaired) electrons. The smallest absolute Gasteiger partial charge is 0.237 e. The summed E-state index contributed by atoms with van der Waals surface area (Å²) in [6, 6.07) is -0.445. The molecule has 3 atom stereocenters. The van der Waals surface area contributed by atoms with Crippen molar-refractivity contribution in [2.75, 3.05) is 6.54 Å². The SMILES string of the molecule is CCCC(N)C(=O)NCC(O)C(C)CC.Cl. The van der Waals surface area contributed by atoms with Crippen LogP contribution in [-0.4, -0.2) is 29.7 Å². The maximum atomic E-state index is 11.4. The molecule has 0 aromatic heterocycles. The standard InChI is InChI=1S/C11H24N2O2.ClH/c1-4-6-9(12)11(15)13-7-10(14)8(3)5-2;/h8-10,14H,4-7,12H2,1-3H3,(H,13,15);1H. The van der Waals surface area contributed by atoms with Crippen LogP contribution in [0.15, 0.2) is 0 Å². The van der Waals surface area contributed by atoms with Crippen molar-refractivity contribution in [2.24, 2.45) is 11.7 Å². The summed E-state index contributed by atoms with van der Waals surface area (Å²) in [5.74, 6) is 0.0342. The zero-order valence-corrected chi connectivity index (χ0v) is 11.2. The van der Waals surface area contributed by atoms with Crippen LogP contribution in [0.25, 0.3) is 0 Å². The van der Waals surface area contributed by atoms with Crippen molar-refractivity contribution in [3.8, 4) is 0 Å². The lowest BCUT2D eigenvalue weighted by molar-refractivity contribution is -0.123. The van der Waals surface area contributed by atoms with E-state index in [-0.39, 0.29) is 24.2 Å². The lowest BCUT2D eigenvalue weighted by Gasteiger charge is -2.19. The Morgan fingerprint density at radius 1 is 1.44 bits per heavy atom. The molecule has 0 bridgehead atoms. The molecular weight excluding hydrogens is 228 g/mol. The lowest BCUT2D eigenvalue weighted by atomic mass is 10.0. The van der Waals surface area contributed by atoms with Crippen LogP contribution in [0.1, 0.15) is 40.0 Å². The van der Waals surface area contributed by atoms with Gasteiger partial charge in [0.1, 0.15) is 0 Å². The van der Waals surface area contributed by atoms with Gasteiger partial charge in [-0.1, -0.05) is 33.6 Å². The fourth-order valence-electron chi connectivity index (χ4n) is 1.25. The second-order valence-electron chi connectivity index (χ2n) is 4.09. The van der Waals surface area contributed by atoms with Gasteiger partial charge in [0.25, 0.3) is 0 Å². The number of aliphatic hydroxyl groups is 1. The van der Waals surface area contributed by atoms with Crippen LogP contribution in [0.5, 0.6) is 0 Å². The maximum Gasteiger partial charge on any atom is 0.237 e. The van der Waals surface area contributed by atoms with Gasteiger partial charge in [-0.15, -0.1) is 12.4 Å². The Morgan fingerprint density at radius 2 is 2.00 bits per heavy atom. The van der Waals surface area contributed by atoms with Crippen LogP contribution in [0.2, 0.25) is 0 Å². The lowest BCUT2D eigenvalue weighted by Crippen LogP contribution is -2.44. The van der Waals surface area contributed by atoms with E-state index in [2.05, 4.69) is 5.32 Å². The fourth-order valence-corrected chi connectivity index (χ4v) is 1.25. The van der Waals surface area contributed by atoms with E-state index in [4.69, 9.17) is 5.73 Å². The first-order valence-corrected chi connectivity index (χ1v) is 5.74. The first kappa shape index (κ1) is 18.1. The predicted molar refractivity (Wildman–Crippen MR) is 68.6 cm³/mol. The third kappa shape index (κ3) is 7.04. The molecule has 0 fully saturated rings. The van der Waals surface area contributed by atoms with Gasteiger partial charge in [0, 0.05) is 6.54 Å². The summed E-state index contributed by atoms with van der Waals surface area (Å²) >= 11 is 0. The van der Waals surface area contributed by atoms with E-state index in [0.29, 0.717) is 13.0 Å². The fraction of sp³-hybridized carbons (Fsp3) is 0.909. The van der Waals surface area contributed by atoms with Crippen LogP contribution in [0.4, 0.5) is 0 Å². The maximum absolute atomic E-state index is 11.4. The van der Waals surface area contributed by atoms with E-state index in [0.717, 1.165) is 12.8 Å². The van der Waals surface area contributed by atoms with Gasteiger partial charge < -0.3 is 16.2 Å². The topological polar surface area (TPSA) is 75.4 Å². The number of amides is 1. The van der Waals surface area contributed by atoms with Crippen molar-refractivity contribution in [2.45, 2.75) is 52.2 Å². The van der Waals surface area contributed by atoms with Crippen molar-refractivity contribution >= 4 is 18.3 Å². The number of aliphatic hydroxyl groups excluding tert-OH is 1. The zero-order chi connectivity index (χ0) is 11.8. The average molecular weight is 253 g/mol. The summed E-state index contributed by atoms with van der Waals surface area (Å²) in [6.07, 6.45) is 2.00. The molecule has 0 aliphatic carbocycles. The number of rotatable bonds is 7. The highest BCUT2D eigenvalue weighted by Crippen LogP contribution is 2.06. The van der Waals surface area contributed by atoms with Crippen LogP contribution in [-0.2, 0) is 4.79 Å². The number of carbonyl (C=O) groups excluding carboxylic acids is 1. The molecule has 4 nitrogen and oxygen atoms in total. The molecule has 5 heteroatoms. The number of nitrogens with two attached hydrogens (primary N) is 1. The van der Waals surface area contributed by atoms with Gasteiger partial charge in [-0.05, 0) is 12.3 Å². The van der Waals surface area contributed by atoms with Gasteiger partial charge in [0.15, 0.2) is 0 Å². The predicted octanol–water partition coefficient (Wildman–Crippen LogP) is 1.06. The Morgan fingerprint density at radius 3 is 2.44 bits per heavy atom. The average Bonchev–Trinajstić information content (AvgIpc) is 2.24. The Bertz CT molecular complexity index is 191. The normalized spacial score (nSPS) is 15.8. The summed E-state index contributed by atoms with van der Waals surface area (Å²) in [4.78, 5) is 11.4. The van der Waals surface area contributed by atoms with E-state index < -0.39 is 12.1 Å². The third-order valence-corrected chi connectivity index (χ3v) is 2.72. The van der Waals surface area contributed by atoms with Crippen molar-refractivity contribution in [1.29, 1.82) is 0 Å². The van der Waals surface area contributed by atoms with E-state index >= 15 is 0 Å².